The van der Waals surface area contributed by atoms with Crippen LogP contribution in [0.1, 0.15) is 66.2 Å². The first-order chi connectivity index (χ1) is 10.0. The van der Waals surface area contributed by atoms with Crippen molar-refractivity contribution in [3.63, 3.8) is 0 Å². The Kier molecular flexibility index (Phi) is 5.69. The van der Waals surface area contributed by atoms with Gasteiger partial charge in [0, 0.05) is 0 Å². The summed E-state index contributed by atoms with van der Waals surface area (Å²) in [4.78, 5) is 0. The number of allylic oxidation sites excluding steroid dienone is 8. The van der Waals surface area contributed by atoms with Gasteiger partial charge in [0.25, 0.3) is 0 Å². The Bertz CT molecular complexity index is 490. The maximum atomic E-state index is 2.67. The molecule has 0 aliphatic heterocycles. The van der Waals surface area contributed by atoms with Gasteiger partial charge in [-0.1, -0.05) is 0 Å². The molecule has 0 saturated carbocycles. The fourth-order valence-corrected chi connectivity index (χ4v) is 13.6. The molecule has 0 saturated heterocycles. The second-order valence-corrected chi connectivity index (χ2v) is 17.8. The minimum absolute atomic E-state index is 1.22. The molecule has 1 heteroatoms. The van der Waals surface area contributed by atoms with E-state index in [1.54, 1.807) is 22.3 Å². The van der Waals surface area contributed by atoms with E-state index in [-0.39, 0.29) is 0 Å². The Morgan fingerprint density at radius 2 is 1.10 bits per heavy atom. The van der Waals surface area contributed by atoms with Gasteiger partial charge in [0.15, 0.2) is 0 Å². The molecule has 2 aliphatic carbocycles. The average molecular weight is 364 g/mol. The monoisotopic (exact) mass is 362 g/mol. The quantitative estimate of drug-likeness (QED) is 0.474. The van der Waals surface area contributed by atoms with Crippen molar-refractivity contribution in [2.75, 3.05) is 0 Å². The second kappa shape index (κ2) is 6.95. The first kappa shape index (κ1) is 17.2. The van der Waals surface area contributed by atoms with Gasteiger partial charge in [-0.05, 0) is 0 Å². The average Bonchev–Trinajstić information content (AvgIpc) is 3.09. The third-order valence-electron chi connectivity index (χ3n) is 5.59. The van der Waals surface area contributed by atoms with Crippen LogP contribution in [0.15, 0.2) is 41.0 Å². The second-order valence-electron chi connectivity index (χ2n) is 6.82. The minimum atomic E-state index is -2.33. The van der Waals surface area contributed by atoms with Crippen LogP contribution in [0.2, 0.25) is 9.26 Å². The molecule has 0 bridgehead atoms. The Morgan fingerprint density at radius 1 is 0.714 bits per heavy atom. The van der Waals surface area contributed by atoms with Gasteiger partial charge in [-0.3, -0.25) is 0 Å². The molecule has 0 aromatic carbocycles. The van der Waals surface area contributed by atoms with Crippen LogP contribution in [0.5, 0.6) is 0 Å². The molecule has 0 N–H and O–H groups in total. The standard InChI is InChI=1S/2C9H13.2CH3.Zr/c2*1-3-8-6-5-7-9(8)4-2;;;/h2*6H,3-5H2,1-2H3;2*1H3;. The molecule has 0 atom stereocenters. The Balaban J connectivity index is 2.44. The zero-order valence-corrected chi connectivity index (χ0v) is 17.4. The van der Waals surface area contributed by atoms with Crippen LogP contribution in [0.4, 0.5) is 0 Å². The van der Waals surface area contributed by atoms with Crippen molar-refractivity contribution in [3.8, 4) is 0 Å². The van der Waals surface area contributed by atoms with Crippen LogP contribution in [0.3, 0.4) is 0 Å². The van der Waals surface area contributed by atoms with Crippen molar-refractivity contribution in [1.29, 1.82) is 0 Å². The maximum absolute atomic E-state index is 2.67. The summed E-state index contributed by atoms with van der Waals surface area (Å²) >= 11 is -2.33. The fraction of sp³-hybridized carbons (Fsp3) is 0.600. The van der Waals surface area contributed by atoms with Gasteiger partial charge < -0.3 is 0 Å². The summed E-state index contributed by atoms with van der Waals surface area (Å²) in [6.07, 6.45) is 12.5. The third kappa shape index (κ3) is 3.01. The van der Waals surface area contributed by atoms with Crippen molar-refractivity contribution >= 4 is 0 Å². The van der Waals surface area contributed by atoms with E-state index in [2.05, 4.69) is 49.1 Å². The molecule has 2 rings (SSSR count). The van der Waals surface area contributed by atoms with Crippen molar-refractivity contribution < 1.29 is 20.3 Å². The van der Waals surface area contributed by atoms with Crippen molar-refractivity contribution in [3.05, 3.63) is 41.0 Å². The van der Waals surface area contributed by atoms with E-state index in [1.165, 1.54) is 38.5 Å². The summed E-state index contributed by atoms with van der Waals surface area (Å²) in [5.74, 6) is 0. The zero-order chi connectivity index (χ0) is 15.6. The molecule has 0 aromatic rings. The predicted molar refractivity (Wildman–Crippen MR) is 92.3 cm³/mol. The van der Waals surface area contributed by atoms with Crippen LogP contribution >= 0.6 is 0 Å². The summed E-state index contributed by atoms with van der Waals surface area (Å²) in [7, 11) is 0. The summed E-state index contributed by atoms with van der Waals surface area (Å²) in [6, 6.07) is 0. The van der Waals surface area contributed by atoms with E-state index in [9.17, 15) is 0 Å². The molecule has 0 nitrogen and oxygen atoms in total. The van der Waals surface area contributed by atoms with Crippen LogP contribution in [0, 0.1) is 0 Å². The van der Waals surface area contributed by atoms with Gasteiger partial charge >= 0.3 is 137 Å². The molecular weight excluding hydrogens is 331 g/mol. The van der Waals surface area contributed by atoms with E-state index in [1.807, 2.05) is 6.56 Å². The Labute approximate surface area is 136 Å². The molecule has 0 aromatic heterocycles. The van der Waals surface area contributed by atoms with Gasteiger partial charge in [0.1, 0.15) is 0 Å². The Hall–Kier alpha value is -0.157. The number of rotatable bonds is 6. The van der Waals surface area contributed by atoms with Gasteiger partial charge in [-0.15, -0.1) is 0 Å². The van der Waals surface area contributed by atoms with Gasteiger partial charge in [-0.2, -0.15) is 0 Å². The molecular formula is C20H32Zr. The van der Waals surface area contributed by atoms with Crippen LogP contribution in [-0.2, 0) is 20.3 Å². The van der Waals surface area contributed by atoms with Crippen LogP contribution < -0.4 is 0 Å². The Morgan fingerprint density at radius 3 is 1.38 bits per heavy atom. The predicted octanol–water partition coefficient (Wildman–Crippen LogP) is 7.04. The SMILES string of the molecule is CCC1=CC[C]([Zr]([CH3])([CH3])[C]2=C(CC)C(CC)=CC2)=C1CC. The summed E-state index contributed by atoms with van der Waals surface area (Å²) in [5, 5.41) is 0. The summed E-state index contributed by atoms with van der Waals surface area (Å²) < 4.78 is 9.14. The topological polar surface area (TPSA) is 0 Å². The van der Waals surface area contributed by atoms with Gasteiger partial charge in [-0.25, -0.2) is 0 Å². The first-order valence-electron chi connectivity index (χ1n) is 8.84. The van der Waals surface area contributed by atoms with Crippen LogP contribution in [0.25, 0.3) is 0 Å². The first-order valence-corrected chi connectivity index (χ1v) is 16.2. The molecule has 21 heavy (non-hydrogen) atoms. The molecule has 0 amide bonds. The summed E-state index contributed by atoms with van der Waals surface area (Å²) in [6.45, 7) is 9.34. The third-order valence-corrected chi connectivity index (χ3v) is 15.5. The van der Waals surface area contributed by atoms with E-state index in [4.69, 9.17) is 0 Å². The molecule has 2 aliphatic rings. The molecule has 0 heterocycles. The van der Waals surface area contributed by atoms with E-state index < -0.39 is 20.3 Å². The molecule has 116 valence electrons. The molecule has 0 spiro atoms. The molecule has 0 unspecified atom stereocenters. The fourth-order valence-electron chi connectivity index (χ4n) is 4.37. The van der Waals surface area contributed by atoms with E-state index in [0.717, 1.165) is 0 Å². The number of hydrogen-bond acceptors (Lipinski definition) is 0. The van der Waals surface area contributed by atoms with E-state index >= 15 is 0 Å². The van der Waals surface area contributed by atoms with E-state index in [0.29, 0.717) is 0 Å². The normalized spacial score (nSPS) is 19.5. The molecule has 0 fully saturated rings. The zero-order valence-electron chi connectivity index (χ0n) is 14.9. The van der Waals surface area contributed by atoms with Crippen molar-refractivity contribution in [1.82, 2.24) is 0 Å². The van der Waals surface area contributed by atoms with Gasteiger partial charge in [0.05, 0.1) is 0 Å². The van der Waals surface area contributed by atoms with Crippen molar-refractivity contribution in [2.24, 2.45) is 0 Å². The van der Waals surface area contributed by atoms with Gasteiger partial charge in [0.2, 0.25) is 0 Å². The number of hydrogen-bond donors (Lipinski definition) is 0. The van der Waals surface area contributed by atoms with Crippen molar-refractivity contribution in [2.45, 2.75) is 75.5 Å². The molecule has 0 radical (unpaired) electrons. The van der Waals surface area contributed by atoms with Crippen LogP contribution in [-0.4, -0.2) is 0 Å². The summed E-state index contributed by atoms with van der Waals surface area (Å²) in [5.41, 5.74) is 6.78.